The molecule has 0 spiro atoms. The molecular formula is C51H39N3. The average Bonchev–Trinajstić information content (AvgIpc) is 3.53. The maximum absolute atomic E-state index is 5.24. The van der Waals surface area contributed by atoms with Crippen molar-refractivity contribution in [2.75, 3.05) is 0 Å². The Balaban J connectivity index is 1.35. The second-order valence-electron chi connectivity index (χ2n) is 13.4. The monoisotopic (exact) mass is 693 g/mol. The molecule has 258 valence electrons. The van der Waals surface area contributed by atoms with Gasteiger partial charge in [0.1, 0.15) is 0 Å². The maximum atomic E-state index is 5.24. The fourth-order valence-corrected chi connectivity index (χ4v) is 7.66. The van der Waals surface area contributed by atoms with Crippen molar-refractivity contribution in [3.63, 3.8) is 0 Å². The summed E-state index contributed by atoms with van der Waals surface area (Å²) in [6.07, 6.45) is 7.90. The summed E-state index contributed by atoms with van der Waals surface area (Å²) < 4.78 is 0. The van der Waals surface area contributed by atoms with Crippen LogP contribution in [0.4, 0.5) is 0 Å². The molecule has 0 bridgehead atoms. The van der Waals surface area contributed by atoms with Crippen molar-refractivity contribution in [1.82, 2.24) is 15.0 Å². The quantitative estimate of drug-likeness (QED) is 0.141. The molecule has 0 aliphatic heterocycles. The summed E-state index contributed by atoms with van der Waals surface area (Å²) in [5.41, 5.74) is 13.3. The summed E-state index contributed by atoms with van der Waals surface area (Å²) in [6, 6.07) is 54.5. The lowest BCUT2D eigenvalue weighted by Crippen LogP contribution is -2.18. The number of hydrogen-bond acceptors (Lipinski definition) is 3. The zero-order valence-corrected chi connectivity index (χ0v) is 30.3. The molecule has 54 heavy (non-hydrogen) atoms. The molecule has 7 aromatic rings. The Hall–Kier alpha value is -6.97. The van der Waals surface area contributed by atoms with Crippen LogP contribution in [0, 0.1) is 0 Å². The zero-order valence-electron chi connectivity index (χ0n) is 30.3. The Labute approximate surface area is 317 Å². The number of aromatic nitrogens is 3. The van der Waals surface area contributed by atoms with E-state index in [-0.39, 0.29) is 0 Å². The average molecular weight is 694 g/mol. The molecule has 0 N–H and O–H groups in total. The van der Waals surface area contributed by atoms with Crippen molar-refractivity contribution in [3.8, 4) is 56.4 Å². The number of allylic oxidation sites excluding steroid dienone is 7. The highest BCUT2D eigenvalue weighted by Crippen LogP contribution is 2.54. The molecule has 3 nitrogen and oxygen atoms in total. The van der Waals surface area contributed by atoms with Gasteiger partial charge < -0.3 is 0 Å². The van der Waals surface area contributed by atoms with Crippen LogP contribution >= 0.6 is 0 Å². The summed E-state index contributed by atoms with van der Waals surface area (Å²) in [5, 5.41) is 0. The van der Waals surface area contributed by atoms with Gasteiger partial charge in [-0.2, -0.15) is 0 Å². The van der Waals surface area contributed by atoms with E-state index >= 15 is 0 Å². The fraction of sp³-hybridized carbons (Fsp3) is 0.0392. The third kappa shape index (κ3) is 6.06. The lowest BCUT2D eigenvalue weighted by molar-refractivity contribution is 0.851. The molecule has 0 saturated carbocycles. The van der Waals surface area contributed by atoms with E-state index < -0.39 is 5.41 Å². The molecule has 0 unspecified atom stereocenters. The highest BCUT2D eigenvalue weighted by molar-refractivity contribution is 6.06. The highest BCUT2D eigenvalue weighted by atomic mass is 15.0. The standard InChI is InChI=1S/C51H39N3/c1-5-20-46-47(44-31-16-17-32-45(44)51(46,6-2)7-3)35(4)42-29-14-15-30-43(42)50-53-48(40-27-18-25-38(33-40)36-21-10-8-11-22-36)52-49(54-50)41-28-19-26-39(34-41)37-23-12-9-13-24-37/h5-34H,1-3H2,4H3/b46-20+,47-35+. The van der Waals surface area contributed by atoms with Crippen molar-refractivity contribution in [2.45, 2.75) is 12.3 Å². The molecule has 0 radical (unpaired) electrons. The van der Waals surface area contributed by atoms with E-state index in [1.54, 1.807) is 0 Å². The Morgan fingerprint density at radius 3 is 1.50 bits per heavy atom. The van der Waals surface area contributed by atoms with E-state index in [1.807, 2.05) is 36.4 Å². The first-order valence-electron chi connectivity index (χ1n) is 18.1. The lowest BCUT2D eigenvalue weighted by Gasteiger charge is -2.25. The van der Waals surface area contributed by atoms with E-state index in [0.717, 1.165) is 72.4 Å². The Bertz CT molecular complexity index is 2500. The molecule has 0 amide bonds. The van der Waals surface area contributed by atoms with Gasteiger partial charge >= 0.3 is 0 Å². The van der Waals surface area contributed by atoms with E-state index in [9.17, 15) is 0 Å². The van der Waals surface area contributed by atoms with E-state index in [0.29, 0.717) is 17.5 Å². The highest BCUT2D eigenvalue weighted by Gasteiger charge is 2.41. The SMILES string of the molecule is C=C/C=C1\C(=C(/C)c2ccccc2-c2nc(-c3cccc(-c4ccccc4)c3)nc(-c3cccc(-c4ccccc4)c3)n2)c2ccccc2C1(C=C)C=C. The van der Waals surface area contributed by atoms with Crippen molar-refractivity contribution in [2.24, 2.45) is 0 Å². The van der Waals surface area contributed by atoms with Gasteiger partial charge in [-0.25, -0.2) is 15.0 Å². The normalized spacial score (nSPS) is 14.6. The molecular weight excluding hydrogens is 655 g/mol. The van der Waals surface area contributed by atoms with Crippen molar-refractivity contribution >= 4 is 11.1 Å². The van der Waals surface area contributed by atoms with E-state index in [1.165, 1.54) is 0 Å². The van der Waals surface area contributed by atoms with Crippen LogP contribution in [0.3, 0.4) is 0 Å². The first-order valence-corrected chi connectivity index (χ1v) is 18.1. The van der Waals surface area contributed by atoms with Gasteiger partial charge in [-0.05, 0) is 74.7 Å². The van der Waals surface area contributed by atoms with Crippen molar-refractivity contribution < 1.29 is 0 Å². The lowest BCUT2D eigenvalue weighted by atomic mass is 9.77. The Morgan fingerprint density at radius 1 is 0.481 bits per heavy atom. The van der Waals surface area contributed by atoms with E-state index in [4.69, 9.17) is 15.0 Å². The summed E-state index contributed by atoms with van der Waals surface area (Å²) in [4.78, 5) is 15.6. The van der Waals surface area contributed by atoms with Gasteiger partial charge in [0.15, 0.2) is 17.5 Å². The molecule has 0 fully saturated rings. The van der Waals surface area contributed by atoms with Crippen LogP contribution in [0.5, 0.6) is 0 Å². The molecule has 1 aromatic heterocycles. The number of benzene rings is 6. The third-order valence-electron chi connectivity index (χ3n) is 10.3. The van der Waals surface area contributed by atoms with Crippen LogP contribution in [0.2, 0.25) is 0 Å². The number of rotatable bonds is 9. The summed E-state index contributed by atoms with van der Waals surface area (Å²) in [5.74, 6) is 1.81. The molecule has 6 aromatic carbocycles. The first kappa shape index (κ1) is 34.1. The fourth-order valence-electron chi connectivity index (χ4n) is 7.66. The van der Waals surface area contributed by atoms with E-state index in [2.05, 4.69) is 172 Å². The zero-order chi connectivity index (χ0) is 37.1. The molecule has 1 aliphatic rings. The topological polar surface area (TPSA) is 38.7 Å². The molecule has 0 saturated heterocycles. The smallest absolute Gasteiger partial charge is 0.164 e. The second-order valence-corrected chi connectivity index (χ2v) is 13.4. The molecule has 1 aliphatic carbocycles. The van der Waals surface area contributed by atoms with Gasteiger partial charge in [0, 0.05) is 16.7 Å². The minimum absolute atomic E-state index is 0.558. The van der Waals surface area contributed by atoms with Crippen molar-refractivity contribution in [1.29, 1.82) is 0 Å². The minimum atomic E-state index is -0.558. The van der Waals surface area contributed by atoms with Crippen LogP contribution in [-0.2, 0) is 5.41 Å². The van der Waals surface area contributed by atoms with Crippen LogP contribution in [0.15, 0.2) is 207 Å². The van der Waals surface area contributed by atoms with Crippen molar-refractivity contribution in [3.05, 3.63) is 224 Å². The second kappa shape index (κ2) is 14.6. The molecule has 1 heterocycles. The van der Waals surface area contributed by atoms with Gasteiger partial charge in [0.2, 0.25) is 0 Å². The molecule has 0 atom stereocenters. The Kier molecular flexibility index (Phi) is 9.21. The van der Waals surface area contributed by atoms with Gasteiger partial charge in [-0.1, -0.05) is 176 Å². The van der Waals surface area contributed by atoms with Gasteiger partial charge in [0.05, 0.1) is 5.41 Å². The maximum Gasteiger partial charge on any atom is 0.164 e. The largest absolute Gasteiger partial charge is 0.208 e. The Morgan fingerprint density at radius 2 is 0.944 bits per heavy atom. The van der Waals surface area contributed by atoms with Gasteiger partial charge in [-0.3, -0.25) is 0 Å². The first-order chi connectivity index (χ1) is 26.5. The summed E-state index contributed by atoms with van der Waals surface area (Å²) in [7, 11) is 0. The third-order valence-corrected chi connectivity index (χ3v) is 10.3. The molecule has 3 heteroatoms. The van der Waals surface area contributed by atoms with Crippen LogP contribution < -0.4 is 0 Å². The minimum Gasteiger partial charge on any atom is -0.208 e. The van der Waals surface area contributed by atoms with Gasteiger partial charge in [-0.15, -0.1) is 13.2 Å². The number of hydrogen-bond donors (Lipinski definition) is 0. The van der Waals surface area contributed by atoms with Gasteiger partial charge in [0.25, 0.3) is 0 Å². The van der Waals surface area contributed by atoms with Crippen LogP contribution in [0.1, 0.15) is 23.6 Å². The molecule has 8 rings (SSSR count). The number of fused-ring (bicyclic) bond motifs is 1. The summed E-state index contributed by atoms with van der Waals surface area (Å²) >= 11 is 0. The number of nitrogens with zero attached hydrogens (tertiary/aromatic N) is 3. The van der Waals surface area contributed by atoms with Crippen LogP contribution in [-0.4, -0.2) is 15.0 Å². The predicted octanol–water partition coefficient (Wildman–Crippen LogP) is 12.9. The summed E-state index contributed by atoms with van der Waals surface area (Å²) in [6.45, 7) is 14.8. The van der Waals surface area contributed by atoms with Crippen LogP contribution in [0.25, 0.3) is 67.6 Å². The predicted molar refractivity (Wildman–Crippen MR) is 226 cm³/mol.